The van der Waals surface area contributed by atoms with E-state index >= 15 is 0 Å². The lowest BCUT2D eigenvalue weighted by atomic mass is 10.1. The first-order chi connectivity index (χ1) is 17.8. The summed E-state index contributed by atoms with van der Waals surface area (Å²) in [5.74, 6) is 0.806. The Morgan fingerprint density at radius 3 is 2.24 bits per heavy atom. The molecule has 1 aliphatic rings. The number of hydrogen-bond donors (Lipinski definition) is 1. The van der Waals surface area contributed by atoms with Crippen molar-refractivity contribution in [2.75, 3.05) is 45.3 Å². The maximum atomic E-state index is 13.2. The highest BCUT2D eigenvalue weighted by Gasteiger charge is 2.30. The van der Waals surface area contributed by atoms with E-state index in [0.29, 0.717) is 43.2 Å². The van der Waals surface area contributed by atoms with Crippen LogP contribution in [-0.2, 0) is 23.1 Å². The van der Waals surface area contributed by atoms with Gasteiger partial charge in [-0.05, 0) is 29.8 Å². The molecule has 0 spiro atoms. The summed E-state index contributed by atoms with van der Waals surface area (Å²) in [6, 6.07) is 19.4. The normalized spacial score (nSPS) is 14.4. The van der Waals surface area contributed by atoms with Crippen LogP contribution in [0.5, 0.6) is 11.5 Å². The molecule has 0 unspecified atom stereocenters. The average Bonchev–Trinajstić information content (AvgIpc) is 2.93. The average molecular weight is 527 g/mol. The number of nitrogens with one attached hydrogen (secondary N) is 1. The molecule has 0 aliphatic carbocycles. The molecule has 1 saturated heterocycles. The maximum Gasteiger partial charge on any atom is 0.274 e. The van der Waals surface area contributed by atoms with E-state index in [1.165, 1.54) is 36.7 Å². The summed E-state index contributed by atoms with van der Waals surface area (Å²) in [6.07, 6.45) is 0. The first-order valence-electron chi connectivity index (χ1n) is 11.8. The number of nitro groups is 1. The van der Waals surface area contributed by atoms with E-state index in [1.807, 2.05) is 41.3 Å². The van der Waals surface area contributed by atoms with Crippen LogP contribution in [0.3, 0.4) is 0 Å². The van der Waals surface area contributed by atoms with Gasteiger partial charge >= 0.3 is 0 Å². The number of sulfonamides is 1. The molecule has 1 heterocycles. The Hall–Kier alpha value is -3.67. The van der Waals surface area contributed by atoms with Gasteiger partial charge in [0.05, 0.1) is 24.0 Å². The molecule has 0 radical (unpaired) electrons. The zero-order chi connectivity index (χ0) is 26.4. The van der Waals surface area contributed by atoms with Crippen molar-refractivity contribution in [3.05, 3.63) is 88.0 Å². The van der Waals surface area contributed by atoms with Crippen LogP contribution in [0.2, 0.25) is 0 Å². The van der Waals surface area contributed by atoms with E-state index in [2.05, 4.69) is 5.32 Å². The largest absolute Gasteiger partial charge is 0.493 e. The minimum absolute atomic E-state index is 0.0546. The van der Waals surface area contributed by atoms with Gasteiger partial charge in [-0.1, -0.05) is 30.3 Å². The number of hydrogen-bond acceptors (Lipinski definition) is 8. The Morgan fingerprint density at radius 2 is 1.59 bits per heavy atom. The summed E-state index contributed by atoms with van der Waals surface area (Å²) >= 11 is 0. The van der Waals surface area contributed by atoms with Crippen molar-refractivity contribution >= 4 is 21.4 Å². The molecule has 0 aromatic heterocycles. The second-order valence-electron chi connectivity index (χ2n) is 8.57. The first kappa shape index (κ1) is 26.4. The molecule has 0 amide bonds. The molecular formula is C26H30N4O6S. The number of rotatable bonds is 10. The standard InChI is InChI=1S/C26H30N4O6S/c1-35-25-11-9-23(17-26(25)36-2)37(33,34)29-14-12-28(13-15-29)22-8-10-24(30(31)32)21(16-22)19-27-18-20-6-4-3-5-7-20/h3-11,16-17,27H,12-15,18-19H2,1-2H3. The van der Waals surface area contributed by atoms with Crippen LogP contribution in [0.4, 0.5) is 11.4 Å². The second kappa shape index (κ2) is 11.6. The molecule has 1 aliphatic heterocycles. The lowest BCUT2D eigenvalue weighted by molar-refractivity contribution is -0.385. The fourth-order valence-electron chi connectivity index (χ4n) is 4.34. The summed E-state index contributed by atoms with van der Waals surface area (Å²) in [7, 11) is -0.763. The monoisotopic (exact) mass is 526 g/mol. The van der Waals surface area contributed by atoms with Crippen LogP contribution in [-0.4, -0.2) is 58.0 Å². The number of anilines is 1. The second-order valence-corrected chi connectivity index (χ2v) is 10.5. The smallest absolute Gasteiger partial charge is 0.274 e. The van der Waals surface area contributed by atoms with Gasteiger partial charge in [0.15, 0.2) is 11.5 Å². The van der Waals surface area contributed by atoms with Crippen LogP contribution in [0, 0.1) is 10.1 Å². The molecule has 10 nitrogen and oxygen atoms in total. The van der Waals surface area contributed by atoms with Crippen LogP contribution in [0.25, 0.3) is 0 Å². The number of methoxy groups -OCH3 is 2. The van der Waals surface area contributed by atoms with Crippen molar-refractivity contribution in [1.29, 1.82) is 0 Å². The van der Waals surface area contributed by atoms with E-state index in [0.717, 1.165) is 11.3 Å². The Balaban J connectivity index is 1.44. The number of ether oxygens (including phenoxy) is 2. The van der Waals surface area contributed by atoms with Gasteiger partial charge in [0.2, 0.25) is 10.0 Å². The summed E-state index contributed by atoms with van der Waals surface area (Å²) in [5.41, 5.74) is 2.55. The van der Waals surface area contributed by atoms with Gasteiger partial charge in [0, 0.05) is 62.7 Å². The predicted molar refractivity (Wildman–Crippen MR) is 141 cm³/mol. The van der Waals surface area contributed by atoms with Crippen molar-refractivity contribution in [3.8, 4) is 11.5 Å². The molecule has 196 valence electrons. The summed E-state index contributed by atoms with van der Waals surface area (Å²) in [6.45, 7) is 2.43. The zero-order valence-electron chi connectivity index (χ0n) is 20.8. The van der Waals surface area contributed by atoms with Crippen molar-refractivity contribution in [2.45, 2.75) is 18.0 Å². The van der Waals surface area contributed by atoms with Crippen LogP contribution in [0.1, 0.15) is 11.1 Å². The molecule has 3 aromatic carbocycles. The highest BCUT2D eigenvalue weighted by atomic mass is 32.2. The van der Waals surface area contributed by atoms with E-state index in [4.69, 9.17) is 9.47 Å². The van der Waals surface area contributed by atoms with E-state index < -0.39 is 10.0 Å². The van der Waals surface area contributed by atoms with Gasteiger partial charge in [0.25, 0.3) is 5.69 Å². The van der Waals surface area contributed by atoms with Crippen molar-refractivity contribution < 1.29 is 22.8 Å². The van der Waals surface area contributed by atoms with Gasteiger partial charge in [-0.15, -0.1) is 0 Å². The Labute approximate surface area is 216 Å². The summed E-state index contributed by atoms with van der Waals surface area (Å²) < 4.78 is 38.4. The molecule has 37 heavy (non-hydrogen) atoms. The number of nitro benzene ring substituents is 1. The minimum atomic E-state index is -3.72. The van der Waals surface area contributed by atoms with Gasteiger partial charge < -0.3 is 19.7 Å². The predicted octanol–water partition coefficient (Wildman–Crippen LogP) is 3.41. The first-order valence-corrected chi connectivity index (χ1v) is 13.3. The van der Waals surface area contributed by atoms with Gasteiger partial charge in [-0.2, -0.15) is 4.31 Å². The molecule has 1 N–H and O–H groups in total. The summed E-state index contributed by atoms with van der Waals surface area (Å²) in [4.78, 5) is 13.4. The third-order valence-corrected chi connectivity index (χ3v) is 8.24. The fourth-order valence-corrected chi connectivity index (χ4v) is 5.78. The van der Waals surface area contributed by atoms with Gasteiger partial charge in [-0.25, -0.2) is 8.42 Å². The Bertz CT molecular complexity index is 1340. The highest BCUT2D eigenvalue weighted by Crippen LogP contribution is 2.31. The number of benzene rings is 3. The van der Waals surface area contributed by atoms with Crippen LogP contribution < -0.4 is 19.7 Å². The van der Waals surface area contributed by atoms with E-state index in [9.17, 15) is 18.5 Å². The van der Waals surface area contributed by atoms with E-state index in [1.54, 1.807) is 12.1 Å². The van der Waals surface area contributed by atoms with Crippen molar-refractivity contribution in [3.63, 3.8) is 0 Å². The number of piperazine rings is 1. The topological polar surface area (TPSA) is 114 Å². The molecule has 3 aromatic rings. The van der Waals surface area contributed by atoms with Crippen LogP contribution in [0.15, 0.2) is 71.6 Å². The Kier molecular flexibility index (Phi) is 8.27. The SMILES string of the molecule is COc1ccc(S(=O)(=O)N2CCN(c3ccc([N+](=O)[O-])c(CNCc4ccccc4)c3)CC2)cc1OC. The molecule has 4 rings (SSSR count). The third-order valence-electron chi connectivity index (χ3n) is 6.34. The minimum Gasteiger partial charge on any atom is -0.493 e. The quantitative estimate of drug-likeness (QED) is 0.316. The fraction of sp³-hybridized carbons (Fsp3) is 0.308. The van der Waals surface area contributed by atoms with E-state index in [-0.39, 0.29) is 28.6 Å². The summed E-state index contributed by atoms with van der Waals surface area (Å²) in [5, 5.41) is 14.9. The number of nitrogens with zero attached hydrogens (tertiary/aromatic N) is 3. The molecule has 0 bridgehead atoms. The molecule has 11 heteroatoms. The molecule has 0 atom stereocenters. The molecule has 0 saturated carbocycles. The molecular weight excluding hydrogens is 496 g/mol. The van der Waals surface area contributed by atoms with Crippen LogP contribution >= 0.6 is 0 Å². The highest BCUT2D eigenvalue weighted by molar-refractivity contribution is 7.89. The lowest BCUT2D eigenvalue weighted by Crippen LogP contribution is -2.48. The molecule has 1 fully saturated rings. The maximum absolute atomic E-state index is 13.2. The lowest BCUT2D eigenvalue weighted by Gasteiger charge is -2.35. The Morgan fingerprint density at radius 1 is 0.892 bits per heavy atom. The van der Waals surface area contributed by atoms with Gasteiger partial charge in [-0.3, -0.25) is 10.1 Å². The third kappa shape index (κ3) is 6.01. The van der Waals surface area contributed by atoms with Crippen molar-refractivity contribution in [2.24, 2.45) is 0 Å². The van der Waals surface area contributed by atoms with Crippen molar-refractivity contribution in [1.82, 2.24) is 9.62 Å². The zero-order valence-corrected chi connectivity index (χ0v) is 21.6. The van der Waals surface area contributed by atoms with Gasteiger partial charge in [0.1, 0.15) is 0 Å².